The fourth-order valence-electron chi connectivity index (χ4n) is 1.54. The first kappa shape index (κ1) is 10.7. The van der Waals surface area contributed by atoms with Gasteiger partial charge in [0.15, 0.2) is 0 Å². The van der Waals surface area contributed by atoms with Gasteiger partial charge in [-0.25, -0.2) is 0 Å². The van der Waals surface area contributed by atoms with Gasteiger partial charge in [0.1, 0.15) is 0 Å². The summed E-state index contributed by atoms with van der Waals surface area (Å²) in [5.74, 6) is 0. The molecule has 1 aromatic carbocycles. The smallest absolute Gasteiger partial charge is 0.0815 e. The molecule has 0 spiro atoms. The van der Waals surface area contributed by atoms with Crippen LogP contribution in [-0.4, -0.2) is 9.78 Å². The molecule has 0 aliphatic rings. The molecule has 0 aliphatic heterocycles. The van der Waals surface area contributed by atoms with E-state index in [0.717, 1.165) is 24.5 Å². The van der Waals surface area contributed by atoms with Gasteiger partial charge in [-0.3, -0.25) is 4.68 Å². The Morgan fingerprint density at radius 2 is 1.94 bits per heavy atom. The summed E-state index contributed by atoms with van der Waals surface area (Å²) in [5.41, 5.74) is 3.49. The molecular weight excluding hydrogens is 198 g/mol. The SMILES string of the molecule is CCn1ccc(CNc2ccc(C)cc2)n1. The maximum Gasteiger partial charge on any atom is 0.0815 e. The topological polar surface area (TPSA) is 29.9 Å². The number of benzene rings is 1. The van der Waals surface area contributed by atoms with Crippen LogP contribution in [0.3, 0.4) is 0 Å². The highest BCUT2D eigenvalue weighted by atomic mass is 15.3. The minimum Gasteiger partial charge on any atom is -0.379 e. The molecule has 1 heterocycles. The lowest BCUT2D eigenvalue weighted by atomic mass is 10.2. The van der Waals surface area contributed by atoms with E-state index in [1.54, 1.807) is 0 Å². The van der Waals surface area contributed by atoms with Crippen molar-refractivity contribution in [1.29, 1.82) is 0 Å². The molecule has 0 atom stereocenters. The Balaban J connectivity index is 1.94. The Labute approximate surface area is 96.1 Å². The predicted molar refractivity (Wildman–Crippen MR) is 66.4 cm³/mol. The van der Waals surface area contributed by atoms with Crippen molar-refractivity contribution in [1.82, 2.24) is 9.78 Å². The van der Waals surface area contributed by atoms with Crippen molar-refractivity contribution in [3.05, 3.63) is 47.8 Å². The van der Waals surface area contributed by atoms with Gasteiger partial charge in [-0.05, 0) is 32.0 Å². The van der Waals surface area contributed by atoms with Gasteiger partial charge in [0.25, 0.3) is 0 Å². The van der Waals surface area contributed by atoms with Crippen molar-refractivity contribution in [3.8, 4) is 0 Å². The summed E-state index contributed by atoms with van der Waals surface area (Å²) in [6.45, 7) is 5.87. The normalized spacial score (nSPS) is 10.4. The van der Waals surface area contributed by atoms with E-state index in [0.29, 0.717) is 0 Å². The lowest BCUT2D eigenvalue weighted by Crippen LogP contribution is -2.02. The molecule has 0 unspecified atom stereocenters. The first-order valence-corrected chi connectivity index (χ1v) is 5.61. The molecule has 0 saturated heterocycles. The van der Waals surface area contributed by atoms with E-state index in [2.05, 4.69) is 48.5 Å². The van der Waals surface area contributed by atoms with Gasteiger partial charge in [0.2, 0.25) is 0 Å². The van der Waals surface area contributed by atoms with E-state index in [4.69, 9.17) is 0 Å². The molecule has 0 bridgehead atoms. The van der Waals surface area contributed by atoms with Crippen LogP contribution < -0.4 is 5.32 Å². The van der Waals surface area contributed by atoms with Crippen molar-refractivity contribution >= 4 is 5.69 Å². The number of aryl methyl sites for hydroxylation is 2. The van der Waals surface area contributed by atoms with Gasteiger partial charge in [-0.1, -0.05) is 17.7 Å². The summed E-state index contributed by atoms with van der Waals surface area (Å²) in [7, 11) is 0. The summed E-state index contributed by atoms with van der Waals surface area (Å²) >= 11 is 0. The summed E-state index contributed by atoms with van der Waals surface area (Å²) in [5, 5.41) is 7.77. The molecule has 3 nitrogen and oxygen atoms in total. The fraction of sp³-hybridized carbons (Fsp3) is 0.308. The molecule has 0 radical (unpaired) electrons. The molecule has 2 rings (SSSR count). The van der Waals surface area contributed by atoms with Crippen molar-refractivity contribution in [3.63, 3.8) is 0 Å². The highest BCUT2D eigenvalue weighted by Gasteiger charge is 1.97. The van der Waals surface area contributed by atoms with E-state index >= 15 is 0 Å². The van der Waals surface area contributed by atoms with E-state index in [-0.39, 0.29) is 0 Å². The van der Waals surface area contributed by atoms with Crippen molar-refractivity contribution in [2.45, 2.75) is 26.9 Å². The van der Waals surface area contributed by atoms with Gasteiger partial charge in [0.05, 0.1) is 12.2 Å². The summed E-state index contributed by atoms with van der Waals surface area (Å²) in [4.78, 5) is 0. The van der Waals surface area contributed by atoms with Crippen LogP contribution in [0.5, 0.6) is 0 Å². The maximum absolute atomic E-state index is 4.42. The Hall–Kier alpha value is -1.77. The van der Waals surface area contributed by atoms with Crippen LogP contribution in [0.1, 0.15) is 18.2 Å². The molecule has 1 N–H and O–H groups in total. The molecule has 1 aromatic heterocycles. The van der Waals surface area contributed by atoms with Gasteiger partial charge in [-0.2, -0.15) is 5.10 Å². The Morgan fingerprint density at radius 1 is 1.19 bits per heavy atom. The molecule has 3 heteroatoms. The van der Waals surface area contributed by atoms with Crippen LogP contribution in [0, 0.1) is 6.92 Å². The lowest BCUT2D eigenvalue weighted by molar-refractivity contribution is 0.649. The third-order valence-electron chi connectivity index (χ3n) is 2.55. The average molecular weight is 215 g/mol. The highest BCUT2D eigenvalue weighted by molar-refractivity contribution is 5.44. The molecular formula is C13H17N3. The van der Waals surface area contributed by atoms with E-state index < -0.39 is 0 Å². The van der Waals surface area contributed by atoms with Crippen LogP contribution in [0.25, 0.3) is 0 Å². The quantitative estimate of drug-likeness (QED) is 0.850. The Morgan fingerprint density at radius 3 is 2.56 bits per heavy atom. The monoisotopic (exact) mass is 215 g/mol. The molecule has 0 saturated carbocycles. The second-order valence-electron chi connectivity index (χ2n) is 3.88. The predicted octanol–water partition coefficient (Wildman–Crippen LogP) is 2.82. The highest BCUT2D eigenvalue weighted by Crippen LogP contribution is 2.09. The van der Waals surface area contributed by atoms with E-state index in [9.17, 15) is 0 Å². The van der Waals surface area contributed by atoms with Gasteiger partial charge in [-0.15, -0.1) is 0 Å². The third kappa shape index (κ3) is 2.63. The molecule has 0 aliphatic carbocycles. The number of nitrogens with zero attached hydrogens (tertiary/aromatic N) is 2. The van der Waals surface area contributed by atoms with E-state index in [1.807, 2.05) is 16.9 Å². The number of aromatic nitrogens is 2. The Kier molecular flexibility index (Phi) is 3.25. The number of rotatable bonds is 4. The van der Waals surface area contributed by atoms with Gasteiger partial charge >= 0.3 is 0 Å². The van der Waals surface area contributed by atoms with Crippen LogP contribution in [0.4, 0.5) is 5.69 Å². The average Bonchev–Trinajstić information content (AvgIpc) is 2.76. The largest absolute Gasteiger partial charge is 0.379 e. The Bertz CT molecular complexity index is 442. The fourth-order valence-corrected chi connectivity index (χ4v) is 1.54. The van der Waals surface area contributed by atoms with Crippen molar-refractivity contribution < 1.29 is 0 Å². The van der Waals surface area contributed by atoms with Crippen LogP contribution >= 0.6 is 0 Å². The van der Waals surface area contributed by atoms with Crippen molar-refractivity contribution in [2.75, 3.05) is 5.32 Å². The molecule has 84 valence electrons. The first-order valence-electron chi connectivity index (χ1n) is 5.61. The molecule has 0 amide bonds. The minimum atomic E-state index is 0.774. The standard InChI is InChI=1S/C13H17N3/c1-3-16-9-8-13(15-16)10-14-12-6-4-11(2)5-7-12/h4-9,14H,3,10H2,1-2H3. The molecule has 16 heavy (non-hydrogen) atoms. The summed E-state index contributed by atoms with van der Waals surface area (Å²) < 4.78 is 1.94. The second kappa shape index (κ2) is 4.84. The minimum absolute atomic E-state index is 0.774. The van der Waals surface area contributed by atoms with Crippen LogP contribution in [-0.2, 0) is 13.1 Å². The molecule has 0 fully saturated rings. The van der Waals surface area contributed by atoms with E-state index in [1.165, 1.54) is 5.56 Å². The van der Waals surface area contributed by atoms with Gasteiger partial charge < -0.3 is 5.32 Å². The first-order chi connectivity index (χ1) is 7.78. The van der Waals surface area contributed by atoms with Crippen LogP contribution in [0.2, 0.25) is 0 Å². The van der Waals surface area contributed by atoms with Gasteiger partial charge in [0, 0.05) is 18.4 Å². The zero-order chi connectivity index (χ0) is 11.4. The van der Waals surface area contributed by atoms with Crippen molar-refractivity contribution in [2.24, 2.45) is 0 Å². The lowest BCUT2D eigenvalue weighted by Gasteiger charge is -2.04. The number of hydrogen-bond donors (Lipinski definition) is 1. The number of nitrogens with one attached hydrogen (secondary N) is 1. The zero-order valence-corrected chi connectivity index (χ0v) is 9.77. The third-order valence-corrected chi connectivity index (χ3v) is 2.55. The molecule has 2 aromatic rings. The maximum atomic E-state index is 4.42. The second-order valence-corrected chi connectivity index (χ2v) is 3.88. The number of anilines is 1. The van der Waals surface area contributed by atoms with Crippen LogP contribution in [0.15, 0.2) is 36.5 Å². The zero-order valence-electron chi connectivity index (χ0n) is 9.77. The number of hydrogen-bond acceptors (Lipinski definition) is 2. The summed E-state index contributed by atoms with van der Waals surface area (Å²) in [6.07, 6.45) is 2.01. The summed E-state index contributed by atoms with van der Waals surface area (Å²) in [6, 6.07) is 10.4.